The van der Waals surface area contributed by atoms with Crippen LogP contribution < -0.4 is 5.32 Å². The number of nitrogens with zero attached hydrogens (tertiary/aromatic N) is 2. The zero-order valence-corrected chi connectivity index (χ0v) is 16.4. The Hall–Kier alpha value is -2.72. The minimum absolute atomic E-state index is 0.192. The lowest BCUT2D eigenvalue weighted by atomic mass is 9.96. The van der Waals surface area contributed by atoms with Gasteiger partial charge in [0, 0.05) is 29.8 Å². The molecule has 1 N–H and O–H groups in total. The van der Waals surface area contributed by atoms with E-state index in [2.05, 4.69) is 60.3 Å². The number of nitrogens with one attached hydrogen (secondary N) is 1. The largest absolute Gasteiger partial charge is 0.306 e. The topological polar surface area (TPSA) is 29.9 Å². The van der Waals surface area contributed by atoms with Gasteiger partial charge < -0.3 is 5.32 Å². The molecule has 1 aliphatic rings. The molecule has 4 heteroatoms. The van der Waals surface area contributed by atoms with Crippen molar-refractivity contribution in [3.63, 3.8) is 0 Å². The third kappa shape index (κ3) is 4.07. The van der Waals surface area contributed by atoms with Crippen LogP contribution in [0, 0.1) is 19.7 Å². The van der Waals surface area contributed by atoms with Crippen LogP contribution in [0.4, 0.5) is 4.39 Å². The highest BCUT2D eigenvalue weighted by atomic mass is 19.1. The van der Waals surface area contributed by atoms with Gasteiger partial charge in [-0.2, -0.15) is 5.10 Å². The van der Waals surface area contributed by atoms with E-state index in [-0.39, 0.29) is 5.82 Å². The van der Waals surface area contributed by atoms with E-state index in [0.717, 1.165) is 30.8 Å². The van der Waals surface area contributed by atoms with Crippen LogP contribution in [0.2, 0.25) is 0 Å². The highest BCUT2D eigenvalue weighted by Gasteiger charge is 2.25. The van der Waals surface area contributed by atoms with E-state index in [1.54, 1.807) is 0 Å². The molecular weight excluding hydrogens is 349 g/mol. The van der Waals surface area contributed by atoms with Crippen molar-refractivity contribution in [3.8, 4) is 0 Å². The zero-order valence-electron chi connectivity index (χ0n) is 16.4. The lowest BCUT2D eigenvalue weighted by Gasteiger charge is -2.15. The molecule has 0 aliphatic heterocycles. The highest BCUT2D eigenvalue weighted by Crippen LogP contribution is 2.33. The standard InChI is InChI=1S/C24H26FN3/c1-17-24(18(2)28(27-17)16-20-6-4-3-5-7-20)21-10-13-23(14-21)26-15-19-8-11-22(25)12-9-19/h3-13,21,23,26H,14-16H2,1-2H3/t21-,23-/m1/s1. The van der Waals surface area contributed by atoms with E-state index in [4.69, 9.17) is 5.10 Å². The van der Waals surface area contributed by atoms with E-state index in [9.17, 15) is 4.39 Å². The van der Waals surface area contributed by atoms with Crippen LogP contribution in [0.25, 0.3) is 0 Å². The van der Waals surface area contributed by atoms with Crippen LogP contribution in [0.5, 0.6) is 0 Å². The van der Waals surface area contributed by atoms with E-state index in [1.807, 2.05) is 18.2 Å². The number of hydrogen-bond donors (Lipinski definition) is 1. The molecule has 0 fully saturated rings. The van der Waals surface area contributed by atoms with Crippen LogP contribution in [-0.4, -0.2) is 15.8 Å². The predicted octanol–water partition coefficient (Wildman–Crippen LogP) is 4.89. The predicted molar refractivity (Wildman–Crippen MR) is 111 cm³/mol. The third-order valence-electron chi connectivity index (χ3n) is 5.55. The summed E-state index contributed by atoms with van der Waals surface area (Å²) in [6.45, 7) is 5.83. The monoisotopic (exact) mass is 375 g/mol. The summed E-state index contributed by atoms with van der Waals surface area (Å²) >= 11 is 0. The number of aryl methyl sites for hydroxylation is 1. The molecule has 0 radical (unpaired) electrons. The molecule has 3 nitrogen and oxygen atoms in total. The molecule has 0 amide bonds. The minimum atomic E-state index is -0.192. The van der Waals surface area contributed by atoms with Gasteiger partial charge in [0.05, 0.1) is 12.2 Å². The average molecular weight is 375 g/mol. The maximum absolute atomic E-state index is 13.0. The van der Waals surface area contributed by atoms with E-state index >= 15 is 0 Å². The van der Waals surface area contributed by atoms with Gasteiger partial charge in [-0.1, -0.05) is 54.6 Å². The Morgan fingerprint density at radius 1 is 1.00 bits per heavy atom. The summed E-state index contributed by atoms with van der Waals surface area (Å²) in [7, 11) is 0. The second kappa shape index (κ2) is 8.11. The molecular formula is C24H26FN3. The van der Waals surface area contributed by atoms with Crippen molar-refractivity contribution in [2.45, 2.75) is 45.3 Å². The van der Waals surface area contributed by atoms with E-state index in [0.29, 0.717) is 12.0 Å². The van der Waals surface area contributed by atoms with Crippen molar-refractivity contribution in [1.29, 1.82) is 0 Å². The Balaban J connectivity index is 1.41. The molecule has 0 unspecified atom stereocenters. The molecule has 2 atom stereocenters. The summed E-state index contributed by atoms with van der Waals surface area (Å²) in [6, 6.07) is 17.5. The number of allylic oxidation sites excluding steroid dienone is 1. The van der Waals surface area contributed by atoms with Gasteiger partial charge in [-0.05, 0) is 43.5 Å². The first-order valence-electron chi connectivity index (χ1n) is 9.84. The maximum atomic E-state index is 13.0. The van der Waals surface area contributed by atoms with Crippen LogP contribution in [0.15, 0.2) is 66.7 Å². The number of halogens is 1. The minimum Gasteiger partial charge on any atom is -0.306 e. The van der Waals surface area contributed by atoms with E-state index < -0.39 is 0 Å². The number of aromatic nitrogens is 2. The molecule has 0 bridgehead atoms. The summed E-state index contributed by atoms with van der Waals surface area (Å²) < 4.78 is 15.2. The van der Waals surface area contributed by atoms with Gasteiger partial charge >= 0.3 is 0 Å². The number of rotatable bonds is 6. The fraction of sp³-hybridized carbons (Fsp3) is 0.292. The average Bonchev–Trinajstić information content (AvgIpc) is 3.26. The lowest BCUT2D eigenvalue weighted by molar-refractivity contribution is 0.557. The maximum Gasteiger partial charge on any atom is 0.123 e. The molecule has 3 aromatic rings. The smallest absolute Gasteiger partial charge is 0.123 e. The van der Waals surface area contributed by atoms with Crippen molar-refractivity contribution in [2.24, 2.45) is 0 Å². The first kappa shape index (κ1) is 18.6. The fourth-order valence-corrected chi connectivity index (χ4v) is 4.07. The van der Waals surface area contributed by atoms with Gasteiger partial charge in [0.2, 0.25) is 0 Å². The number of benzene rings is 2. The van der Waals surface area contributed by atoms with Gasteiger partial charge in [0.25, 0.3) is 0 Å². The normalized spacial score (nSPS) is 18.7. The third-order valence-corrected chi connectivity index (χ3v) is 5.55. The molecule has 0 spiro atoms. The van der Waals surface area contributed by atoms with Gasteiger partial charge in [0.1, 0.15) is 5.82 Å². The summed E-state index contributed by atoms with van der Waals surface area (Å²) in [5.74, 6) is 0.193. The Kier molecular flexibility index (Phi) is 5.40. The van der Waals surface area contributed by atoms with Crippen molar-refractivity contribution in [3.05, 3.63) is 101 Å². The Labute approximate surface area is 165 Å². The molecule has 1 aromatic heterocycles. The van der Waals surface area contributed by atoms with Crippen molar-refractivity contribution >= 4 is 0 Å². The summed E-state index contributed by atoms with van der Waals surface area (Å²) in [6.07, 6.45) is 5.58. The highest BCUT2D eigenvalue weighted by molar-refractivity contribution is 5.35. The molecule has 28 heavy (non-hydrogen) atoms. The Bertz CT molecular complexity index is 958. The van der Waals surface area contributed by atoms with Crippen LogP contribution in [0.1, 0.15) is 40.4 Å². The van der Waals surface area contributed by atoms with Crippen LogP contribution in [-0.2, 0) is 13.1 Å². The second-order valence-corrected chi connectivity index (χ2v) is 7.57. The van der Waals surface area contributed by atoms with Gasteiger partial charge in [-0.15, -0.1) is 0 Å². The Morgan fingerprint density at radius 3 is 2.50 bits per heavy atom. The van der Waals surface area contributed by atoms with Crippen molar-refractivity contribution < 1.29 is 4.39 Å². The molecule has 2 aromatic carbocycles. The Morgan fingerprint density at radius 2 is 1.75 bits per heavy atom. The second-order valence-electron chi connectivity index (χ2n) is 7.57. The molecule has 1 aliphatic carbocycles. The first-order valence-corrected chi connectivity index (χ1v) is 9.84. The zero-order chi connectivity index (χ0) is 19.5. The molecule has 0 saturated heterocycles. The number of hydrogen-bond acceptors (Lipinski definition) is 2. The molecule has 1 heterocycles. The van der Waals surface area contributed by atoms with Crippen LogP contribution in [0.3, 0.4) is 0 Å². The van der Waals surface area contributed by atoms with E-state index in [1.165, 1.54) is 29.0 Å². The van der Waals surface area contributed by atoms with Crippen molar-refractivity contribution in [2.75, 3.05) is 0 Å². The summed E-state index contributed by atoms with van der Waals surface area (Å²) in [4.78, 5) is 0. The molecule has 0 saturated carbocycles. The summed E-state index contributed by atoms with van der Waals surface area (Å²) in [5, 5.41) is 8.37. The van der Waals surface area contributed by atoms with Crippen LogP contribution >= 0.6 is 0 Å². The van der Waals surface area contributed by atoms with Gasteiger partial charge in [-0.3, -0.25) is 4.68 Å². The SMILES string of the molecule is Cc1nn(Cc2ccccc2)c(C)c1[C@@H]1C=C[C@@H](NCc2ccc(F)cc2)C1. The quantitative estimate of drug-likeness (QED) is 0.622. The molecule has 144 valence electrons. The molecule has 4 rings (SSSR count). The van der Waals surface area contributed by atoms with Crippen molar-refractivity contribution in [1.82, 2.24) is 15.1 Å². The summed E-state index contributed by atoms with van der Waals surface area (Å²) in [5.41, 5.74) is 6.07. The first-order chi connectivity index (χ1) is 13.6. The fourth-order valence-electron chi connectivity index (χ4n) is 4.07. The van der Waals surface area contributed by atoms with Gasteiger partial charge in [0.15, 0.2) is 0 Å². The lowest BCUT2D eigenvalue weighted by Crippen LogP contribution is -2.25. The van der Waals surface area contributed by atoms with Gasteiger partial charge in [-0.25, -0.2) is 4.39 Å².